The highest BCUT2D eigenvalue weighted by molar-refractivity contribution is 8.26. The van der Waals surface area contributed by atoms with E-state index in [0.29, 0.717) is 27.8 Å². The molecule has 1 fully saturated rings. The van der Waals surface area contributed by atoms with E-state index in [1.165, 1.54) is 17.3 Å². The fourth-order valence-electron chi connectivity index (χ4n) is 2.77. The average molecular weight is 292 g/mol. The fraction of sp³-hybridized carbons (Fsp3) is 0.462. The lowest BCUT2D eigenvalue weighted by molar-refractivity contribution is 0.368. The summed E-state index contributed by atoms with van der Waals surface area (Å²) in [5, 5.41) is 22.1. The summed E-state index contributed by atoms with van der Waals surface area (Å²) >= 11 is 6.52. The number of thiocarbonyl (C=S) groups is 1. The van der Waals surface area contributed by atoms with E-state index < -0.39 is 0 Å². The van der Waals surface area contributed by atoms with Gasteiger partial charge in [-0.25, -0.2) is 0 Å². The van der Waals surface area contributed by atoms with Crippen LogP contribution in [-0.2, 0) is 0 Å². The van der Waals surface area contributed by atoms with Crippen LogP contribution >= 0.6 is 24.0 Å². The number of rotatable bonds is 0. The molecular weight excluding hydrogens is 276 g/mol. The molecule has 3 rings (SSSR count). The summed E-state index contributed by atoms with van der Waals surface area (Å²) in [6.45, 7) is 4.50. The zero-order valence-corrected chi connectivity index (χ0v) is 12.5. The first-order chi connectivity index (χ1) is 8.97. The van der Waals surface area contributed by atoms with Gasteiger partial charge < -0.3 is 10.6 Å². The third-order valence-electron chi connectivity index (χ3n) is 4.12. The second kappa shape index (κ2) is 4.45. The van der Waals surface area contributed by atoms with Gasteiger partial charge in [0.25, 0.3) is 0 Å². The molecule has 3 aliphatic rings. The second-order valence-electron chi connectivity index (χ2n) is 5.41. The Balaban J connectivity index is 2.06. The van der Waals surface area contributed by atoms with Crippen LogP contribution in [0.5, 0.6) is 0 Å². The van der Waals surface area contributed by atoms with Gasteiger partial charge in [-0.15, -0.1) is 0 Å². The molecule has 1 aliphatic carbocycles. The lowest BCUT2D eigenvalue weighted by Gasteiger charge is -2.26. The molecule has 0 bridgehead atoms. The number of allylic oxidation sites excluding steroid dienone is 1. The lowest BCUT2D eigenvalue weighted by atomic mass is 9.78. The molecule has 0 saturated carbocycles. The lowest BCUT2D eigenvalue weighted by Crippen LogP contribution is -2.21. The summed E-state index contributed by atoms with van der Waals surface area (Å²) in [5.74, 6) is 2.08. The van der Waals surface area contributed by atoms with Gasteiger partial charge in [-0.3, -0.25) is 10.8 Å². The van der Waals surface area contributed by atoms with Gasteiger partial charge in [-0.2, -0.15) is 0 Å². The van der Waals surface area contributed by atoms with Crippen LogP contribution in [0.3, 0.4) is 0 Å². The highest BCUT2D eigenvalue weighted by atomic mass is 32.2. The molecule has 0 aromatic rings. The zero-order chi connectivity index (χ0) is 13.7. The number of hydrogen-bond acceptors (Lipinski definition) is 4. The van der Waals surface area contributed by atoms with Crippen molar-refractivity contribution >= 4 is 40.0 Å². The minimum absolute atomic E-state index is 0.352. The van der Waals surface area contributed by atoms with Crippen molar-refractivity contribution in [2.24, 2.45) is 11.8 Å². The van der Waals surface area contributed by atoms with Gasteiger partial charge in [0.2, 0.25) is 0 Å². The Kier molecular flexibility index (Phi) is 3.02. The molecule has 0 radical (unpaired) electrons. The molecule has 2 heterocycles. The van der Waals surface area contributed by atoms with Gasteiger partial charge in [0, 0.05) is 0 Å². The Labute approximate surface area is 122 Å². The normalized spacial score (nSPS) is 34.5. The number of nitrogens with one attached hydrogen (secondary N) is 4. The maximum atomic E-state index is 8.10. The van der Waals surface area contributed by atoms with E-state index in [1.54, 1.807) is 0 Å². The first kappa shape index (κ1) is 12.9. The molecule has 2 unspecified atom stereocenters. The van der Waals surface area contributed by atoms with E-state index in [0.717, 1.165) is 29.0 Å². The minimum Gasteiger partial charge on any atom is -0.339 e. The topological polar surface area (TPSA) is 71.8 Å². The van der Waals surface area contributed by atoms with Crippen molar-refractivity contribution < 1.29 is 0 Å². The van der Waals surface area contributed by atoms with Crippen LogP contribution < -0.4 is 10.6 Å². The standard InChI is InChI=1S/C13H16N4S2/c1-5-3-7-8(4-6(5)2)11(14)16-9(7)10-12(15)17-13(18)19-10/h5-6H,3-4H2,1-2H3,(H2,14,16)(H2,15,17,18)/b10-9+. The molecule has 0 amide bonds. The van der Waals surface area contributed by atoms with Crippen LogP contribution in [0, 0.1) is 22.7 Å². The summed E-state index contributed by atoms with van der Waals surface area (Å²) < 4.78 is 0.618. The van der Waals surface area contributed by atoms with Crippen LogP contribution in [0.1, 0.15) is 26.7 Å². The Hall–Kier alpha value is -1.14. The van der Waals surface area contributed by atoms with Crippen LogP contribution in [0.4, 0.5) is 0 Å². The number of hydrogen-bond donors (Lipinski definition) is 4. The zero-order valence-electron chi connectivity index (χ0n) is 10.9. The van der Waals surface area contributed by atoms with E-state index in [2.05, 4.69) is 24.5 Å². The van der Waals surface area contributed by atoms with Crippen LogP contribution in [0.15, 0.2) is 21.7 Å². The number of amidine groups is 2. The molecule has 4 nitrogen and oxygen atoms in total. The largest absolute Gasteiger partial charge is 0.339 e. The highest BCUT2D eigenvalue weighted by Gasteiger charge is 2.36. The second-order valence-corrected chi connectivity index (χ2v) is 7.10. The Bertz CT molecular complexity index is 573. The Morgan fingerprint density at radius 3 is 2.26 bits per heavy atom. The predicted molar refractivity (Wildman–Crippen MR) is 83.5 cm³/mol. The maximum Gasteiger partial charge on any atom is 0.144 e. The maximum absolute atomic E-state index is 8.10. The smallest absolute Gasteiger partial charge is 0.144 e. The molecular formula is C13H16N4S2. The van der Waals surface area contributed by atoms with Crippen molar-refractivity contribution in [3.63, 3.8) is 0 Å². The Morgan fingerprint density at radius 1 is 1.05 bits per heavy atom. The molecule has 2 atom stereocenters. The Morgan fingerprint density at radius 2 is 1.68 bits per heavy atom. The molecule has 4 N–H and O–H groups in total. The summed E-state index contributed by atoms with van der Waals surface area (Å²) in [7, 11) is 0. The molecule has 0 spiro atoms. The van der Waals surface area contributed by atoms with E-state index >= 15 is 0 Å². The van der Waals surface area contributed by atoms with Crippen LogP contribution in [0.25, 0.3) is 0 Å². The SMILES string of the molecule is CC1CC2=C(CC1C)/C(=C1\SC(=S)NC1=N)NC2=N. The van der Waals surface area contributed by atoms with Gasteiger partial charge in [0.15, 0.2) is 0 Å². The van der Waals surface area contributed by atoms with Gasteiger partial charge in [0.05, 0.1) is 10.6 Å². The summed E-state index contributed by atoms with van der Waals surface area (Å²) in [4.78, 5) is 0.835. The van der Waals surface area contributed by atoms with Crippen LogP contribution in [-0.4, -0.2) is 16.0 Å². The summed E-state index contributed by atoms with van der Waals surface area (Å²) in [6.07, 6.45) is 1.93. The number of thioether (sulfide) groups is 1. The van der Waals surface area contributed by atoms with Gasteiger partial charge in [-0.1, -0.05) is 37.8 Å². The van der Waals surface area contributed by atoms with E-state index in [-0.39, 0.29) is 0 Å². The first-order valence-electron chi connectivity index (χ1n) is 6.37. The van der Waals surface area contributed by atoms with Gasteiger partial charge >= 0.3 is 0 Å². The molecule has 0 aromatic heterocycles. The molecule has 100 valence electrons. The third-order valence-corrected chi connectivity index (χ3v) is 5.37. The predicted octanol–water partition coefficient (Wildman–Crippen LogP) is 2.74. The van der Waals surface area contributed by atoms with Crippen molar-refractivity contribution in [2.45, 2.75) is 26.7 Å². The third kappa shape index (κ3) is 2.03. The molecule has 1 saturated heterocycles. The van der Waals surface area contributed by atoms with E-state index in [4.69, 9.17) is 23.0 Å². The molecule has 2 aliphatic heterocycles. The molecule has 6 heteroatoms. The summed E-state index contributed by atoms with van der Waals surface area (Å²) in [6, 6.07) is 0. The highest BCUT2D eigenvalue weighted by Crippen LogP contribution is 2.42. The summed E-state index contributed by atoms with van der Waals surface area (Å²) in [5.41, 5.74) is 3.27. The van der Waals surface area contributed by atoms with Crippen molar-refractivity contribution in [3.05, 3.63) is 21.7 Å². The van der Waals surface area contributed by atoms with Crippen molar-refractivity contribution in [3.8, 4) is 0 Å². The molecule has 0 aromatic carbocycles. The van der Waals surface area contributed by atoms with Crippen molar-refractivity contribution in [1.82, 2.24) is 10.6 Å². The van der Waals surface area contributed by atoms with Gasteiger partial charge in [0.1, 0.15) is 16.0 Å². The molecule has 19 heavy (non-hydrogen) atoms. The van der Waals surface area contributed by atoms with Crippen molar-refractivity contribution in [1.29, 1.82) is 10.8 Å². The fourth-order valence-corrected chi connectivity index (χ4v) is 3.89. The monoisotopic (exact) mass is 292 g/mol. The van der Waals surface area contributed by atoms with Gasteiger partial charge in [-0.05, 0) is 35.8 Å². The van der Waals surface area contributed by atoms with E-state index in [9.17, 15) is 0 Å². The van der Waals surface area contributed by atoms with Crippen molar-refractivity contribution in [2.75, 3.05) is 0 Å². The first-order valence-corrected chi connectivity index (χ1v) is 7.60. The average Bonchev–Trinajstić information content (AvgIpc) is 2.82. The van der Waals surface area contributed by atoms with Crippen LogP contribution in [0.2, 0.25) is 0 Å². The van der Waals surface area contributed by atoms with E-state index in [1.807, 2.05) is 0 Å². The quantitative estimate of drug-likeness (QED) is 0.518. The minimum atomic E-state index is 0.352.